The highest BCUT2D eigenvalue weighted by Gasteiger charge is 2.24. The molecule has 120 valence electrons. The molecule has 0 bridgehead atoms. The lowest BCUT2D eigenvalue weighted by molar-refractivity contribution is -0.108. The summed E-state index contributed by atoms with van der Waals surface area (Å²) in [5.41, 5.74) is 1.65. The van der Waals surface area contributed by atoms with Crippen molar-refractivity contribution < 1.29 is 13.9 Å². The van der Waals surface area contributed by atoms with Crippen molar-refractivity contribution >= 4 is 12.0 Å². The first-order valence-corrected chi connectivity index (χ1v) is 7.94. The van der Waals surface area contributed by atoms with E-state index in [1.807, 2.05) is 24.3 Å². The average molecular weight is 313 g/mol. The molecule has 1 aliphatic rings. The van der Waals surface area contributed by atoms with Crippen LogP contribution in [0.25, 0.3) is 0 Å². The Bertz CT molecular complexity index is 657. The second kappa shape index (κ2) is 7.27. The van der Waals surface area contributed by atoms with Crippen LogP contribution >= 0.6 is 0 Å². The fraction of sp³-hybridized carbons (Fsp3) is 0.316. The van der Waals surface area contributed by atoms with E-state index in [1.165, 1.54) is 6.07 Å². The molecule has 2 aromatic rings. The zero-order valence-corrected chi connectivity index (χ0v) is 13.0. The Kier molecular flexibility index (Phi) is 4.91. The van der Waals surface area contributed by atoms with Crippen LogP contribution in [-0.2, 0) is 11.4 Å². The number of hydrogen-bond donors (Lipinski definition) is 0. The van der Waals surface area contributed by atoms with Crippen molar-refractivity contribution in [2.45, 2.75) is 31.9 Å². The average Bonchev–Trinajstić information content (AvgIpc) is 3.03. The third-order valence-electron chi connectivity index (χ3n) is 4.27. The molecule has 1 fully saturated rings. The molecule has 1 unspecified atom stereocenters. The highest BCUT2D eigenvalue weighted by atomic mass is 19.1. The Morgan fingerprint density at radius 1 is 1.17 bits per heavy atom. The maximum atomic E-state index is 13.6. The van der Waals surface area contributed by atoms with Crippen LogP contribution in [0.15, 0.2) is 48.5 Å². The van der Waals surface area contributed by atoms with E-state index in [1.54, 1.807) is 18.2 Å². The van der Waals surface area contributed by atoms with E-state index >= 15 is 0 Å². The van der Waals surface area contributed by atoms with E-state index in [0.29, 0.717) is 23.8 Å². The molecule has 4 heteroatoms. The molecule has 0 saturated carbocycles. The number of aldehydes is 1. The Labute approximate surface area is 135 Å². The van der Waals surface area contributed by atoms with Gasteiger partial charge in [-0.25, -0.2) is 4.39 Å². The summed E-state index contributed by atoms with van der Waals surface area (Å²) in [5, 5.41) is 0. The molecule has 3 nitrogen and oxygen atoms in total. The zero-order valence-electron chi connectivity index (χ0n) is 13.0. The number of rotatable bonds is 6. The molecular formula is C19H20FNO2. The Morgan fingerprint density at radius 2 is 1.96 bits per heavy atom. The molecule has 1 atom stereocenters. The van der Waals surface area contributed by atoms with Gasteiger partial charge in [0.2, 0.25) is 0 Å². The van der Waals surface area contributed by atoms with Crippen molar-refractivity contribution in [1.29, 1.82) is 0 Å². The van der Waals surface area contributed by atoms with E-state index in [-0.39, 0.29) is 12.4 Å². The summed E-state index contributed by atoms with van der Waals surface area (Å²) >= 11 is 0. The minimum Gasteiger partial charge on any atom is -0.489 e. The predicted molar refractivity (Wildman–Crippen MR) is 88.2 cm³/mol. The van der Waals surface area contributed by atoms with Gasteiger partial charge in [0.15, 0.2) is 0 Å². The summed E-state index contributed by atoms with van der Waals surface area (Å²) in [6.45, 7) is 1.19. The first kappa shape index (κ1) is 15.5. The van der Waals surface area contributed by atoms with Crippen LogP contribution in [-0.4, -0.2) is 18.9 Å². The van der Waals surface area contributed by atoms with Crippen molar-refractivity contribution in [1.82, 2.24) is 0 Å². The van der Waals surface area contributed by atoms with Crippen LogP contribution < -0.4 is 9.64 Å². The first-order chi connectivity index (χ1) is 11.3. The highest BCUT2D eigenvalue weighted by molar-refractivity contribution is 5.56. The standard InChI is InChI=1S/C19H20FNO2/c20-19-6-2-1-4-15(19)14-23-18-9-7-17(8-10-18)21-12-3-5-16(21)11-13-22/h1-2,4,6-10,13,16H,3,5,11-12,14H2. The molecule has 0 amide bonds. The van der Waals surface area contributed by atoms with Crippen molar-refractivity contribution in [2.75, 3.05) is 11.4 Å². The van der Waals surface area contributed by atoms with Crippen molar-refractivity contribution in [2.24, 2.45) is 0 Å². The third kappa shape index (κ3) is 3.70. The van der Waals surface area contributed by atoms with Crippen LogP contribution in [0, 0.1) is 5.82 Å². The number of ether oxygens (including phenoxy) is 1. The molecule has 0 aromatic heterocycles. The second-order valence-corrected chi connectivity index (χ2v) is 5.77. The van der Waals surface area contributed by atoms with Crippen LogP contribution in [0.5, 0.6) is 5.75 Å². The first-order valence-electron chi connectivity index (χ1n) is 7.94. The molecule has 2 aromatic carbocycles. The molecule has 3 rings (SSSR count). The van der Waals surface area contributed by atoms with Gasteiger partial charge >= 0.3 is 0 Å². The number of halogens is 1. The smallest absolute Gasteiger partial charge is 0.129 e. The van der Waals surface area contributed by atoms with Gasteiger partial charge in [0.05, 0.1) is 0 Å². The van der Waals surface area contributed by atoms with Crippen molar-refractivity contribution in [3.05, 3.63) is 59.9 Å². The quantitative estimate of drug-likeness (QED) is 0.756. The van der Waals surface area contributed by atoms with E-state index < -0.39 is 0 Å². The fourth-order valence-electron chi connectivity index (χ4n) is 3.04. The van der Waals surface area contributed by atoms with Gasteiger partial charge in [-0.1, -0.05) is 18.2 Å². The van der Waals surface area contributed by atoms with E-state index in [0.717, 1.165) is 31.4 Å². The summed E-state index contributed by atoms with van der Waals surface area (Å²) in [4.78, 5) is 13.0. The number of benzene rings is 2. The predicted octanol–water partition coefficient (Wildman–Crippen LogP) is 3.96. The minimum atomic E-state index is -0.252. The SMILES string of the molecule is O=CCC1CCCN1c1ccc(OCc2ccccc2F)cc1. The normalized spacial score (nSPS) is 17.3. The molecule has 1 saturated heterocycles. The van der Waals surface area contributed by atoms with Gasteiger partial charge in [-0.15, -0.1) is 0 Å². The largest absolute Gasteiger partial charge is 0.489 e. The number of carbonyl (C=O) groups excluding carboxylic acids is 1. The number of anilines is 1. The molecule has 0 N–H and O–H groups in total. The topological polar surface area (TPSA) is 29.5 Å². The Hall–Kier alpha value is -2.36. The Morgan fingerprint density at radius 3 is 2.70 bits per heavy atom. The van der Waals surface area contributed by atoms with Crippen molar-refractivity contribution in [3.63, 3.8) is 0 Å². The summed E-state index contributed by atoms with van der Waals surface area (Å²) < 4.78 is 19.2. The van der Waals surface area contributed by atoms with Gasteiger partial charge in [0.25, 0.3) is 0 Å². The fourth-order valence-corrected chi connectivity index (χ4v) is 3.04. The van der Waals surface area contributed by atoms with Crippen LogP contribution in [0.1, 0.15) is 24.8 Å². The minimum absolute atomic E-state index is 0.212. The van der Waals surface area contributed by atoms with Crippen LogP contribution in [0.3, 0.4) is 0 Å². The van der Waals surface area contributed by atoms with E-state index in [4.69, 9.17) is 4.74 Å². The molecule has 1 aliphatic heterocycles. The molecular weight excluding hydrogens is 293 g/mol. The Balaban J connectivity index is 1.63. The molecule has 0 radical (unpaired) electrons. The van der Waals surface area contributed by atoms with Crippen LogP contribution in [0.4, 0.5) is 10.1 Å². The van der Waals surface area contributed by atoms with E-state index in [9.17, 15) is 9.18 Å². The lowest BCUT2D eigenvalue weighted by atomic mass is 10.1. The van der Waals surface area contributed by atoms with Crippen molar-refractivity contribution in [3.8, 4) is 5.75 Å². The van der Waals surface area contributed by atoms with Gasteiger partial charge in [-0.05, 0) is 43.2 Å². The molecule has 1 heterocycles. The summed E-state index contributed by atoms with van der Waals surface area (Å²) in [5.74, 6) is 0.459. The lowest BCUT2D eigenvalue weighted by Crippen LogP contribution is -2.29. The monoisotopic (exact) mass is 313 g/mol. The zero-order chi connectivity index (χ0) is 16.1. The van der Waals surface area contributed by atoms with Crippen LogP contribution in [0.2, 0.25) is 0 Å². The van der Waals surface area contributed by atoms with Gasteiger partial charge in [-0.3, -0.25) is 0 Å². The third-order valence-corrected chi connectivity index (χ3v) is 4.27. The maximum Gasteiger partial charge on any atom is 0.129 e. The highest BCUT2D eigenvalue weighted by Crippen LogP contribution is 2.28. The maximum absolute atomic E-state index is 13.6. The van der Waals surface area contributed by atoms with Gasteiger partial charge in [0, 0.05) is 30.3 Å². The summed E-state index contributed by atoms with van der Waals surface area (Å²) in [6.07, 6.45) is 3.74. The lowest BCUT2D eigenvalue weighted by Gasteiger charge is -2.25. The second-order valence-electron chi connectivity index (χ2n) is 5.77. The van der Waals surface area contributed by atoms with E-state index in [2.05, 4.69) is 4.90 Å². The summed E-state index contributed by atoms with van der Waals surface area (Å²) in [7, 11) is 0. The van der Waals surface area contributed by atoms with Gasteiger partial charge in [-0.2, -0.15) is 0 Å². The van der Waals surface area contributed by atoms with Gasteiger partial charge in [0.1, 0.15) is 24.5 Å². The number of hydrogen-bond acceptors (Lipinski definition) is 3. The molecule has 23 heavy (non-hydrogen) atoms. The summed E-state index contributed by atoms with van der Waals surface area (Å²) in [6, 6.07) is 14.7. The molecule has 0 spiro atoms. The molecule has 0 aliphatic carbocycles. The number of nitrogens with zero attached hydrogens (tertiary/aromatic N) is 1. The number of carbonyl (C=O) groups is 1. The van der Waals surface area contributed by atoms with Gasteiger partial charge < -0.3 is 14.4 Å².